The van der Waals surface area contributed by atoms with E-state index in [0.29, 0.717) is 17.4 Å². The molecule has 2 rings (SSSR count). The molecule has 0 radical (unpaired) electrons. The molecule has 0 bridgehead atoms. The van der Waals surface area contributed by atoms with Crippen LogP contribution in [0.15, 0.2) is 18.2 Å². The van der Waals surface area contributed by atoms with E-state index in [0.717, 1.165) is 5.92 Å². The molecular weight excluding hydrogens is 241 g/mol. The van der Waals surface area contributed by atoms with Crippen molar-refractivity contribution in [2.75, 3.05) is 7.11 Å². The summed E-state index contributed by atoms with van der Waals surface area (Å²) in [7, 11) is 1.55. The Kier molecular flexibility index (Phi) is 4.81. The van der Waals surface area contributed by atoms with Crippen molar-refractivity contribution in [2.45, 2.75) is 51.6 Å². The molecule has 3 heteroatoms. The van der Waals surface area contributed by atoms with Crippen LogP contribution in [0.2, 0.25) is 0 Å². The number of ether oxygens (including phenoxy) is 1. The fourth-order valence-corrected chi connectivity index (χ4v) is 3.06. The third-order valence-electron chi connectivity index (χ3n) is 4.29. The molecule has 0 spiro atoms. The summed E-state index contributed by atoms with van der Waals surface area (Å²) in [5, 5.41) is 3.54. The summed E-state index contributed by atoms with van der Waals surface area (Å²) in [6.45, 7) is 4.24. The molecular formula is C16H24FNO. The largest absolute Gasteiger partial charge is 0.497 e. The summed E-state index contributed by atoms with van der Waals surface area (Å²) in [5.41, 5.74) is 0.714. The molecule has 0 amide bonds. The van der Waals surface area contributed by atoms with Crippen LogP contribution in [0.4, 0.5) is 4.39 Å². The molecule has 1 N–H and O–H groups in total. The Bertz CT molecular complexity index is 415. The second kappa shape index (κ2) is 6.38. The van der Waals surface area contributed by atoms with Gasteiger partial charge in [0.1, 0.15) is 11.6 Å². The lowest BCUT2D eigenvalue weighted by atomic mass is 9.97. The third-order valence-corrected chi connectivity index (χ3v) is 4.29. The van der Waals surface area contributed by atoms with Gasteiger partial charge in [-0.1, -0.05) is 18.9 Å². The SMILES string of the molecule is COc1ccc(C(C)NC(C)C2CCCC2)c(F)c1. The first-order valence-electron chi connectivity index (χ1n) is 7.21. The summed E-state index contributed by atoms with van der Waals surface area (Å²) in [4.78, 5) is 0. The molecule has 1 aromatic carbocycles. The molecule has 0 heterocycles. The molecule has 0 saturated heterocycles. The first-order chi connectivity index (χ1) is 9.11. The maximum Gasteiger partial charge on any atom is 0.131 e. The Hall–Kier alpha value is -1.09. The highest BCUT2D eigenvalue weighted by molar-refractivity contribution is 5.30. The smallest absolute Gasteiger partial charge is 0.131 e. The fraction of sp³-hybridized carbons (Fsp3) is 0.625. The first kappa shape index (κ1) is 14.3. The van der Waals surface area contributed by atoms with E-state index in [2.05, 4.69) is 12.2 Å². The van der Waals surface area contributed by atoms with Crippen molar-refractivity contribution in [3.05, 3.63) is 29.6 Å². The van der Waals surface area contributed by atoms with Gasteiger partial charge in [-0.2, -0.15) is 0 Å². The molecule has 19 heavy (non-hydrogen) atoms. The van der Waals surface area contributed by atoms with Gasteiger partial charge < -0.3 is 10.1 Å². The van der Waals surface area contributed by atoms with Crippen LogP contribution in [0.3, 0.4) is 0 Å². The van der Waals surface area contributed by atoms with E-state index in [1.54, 1.807) is 7.11 Å². The maximum absolute atomic E-state index is 14.0. The van der Waals surface area contributed by atoms with Crippen molar-refractivity contribution < 1.29 is 9.13 Å². The Balaban J connectivity index is 2.00. The predicted octanol–water partition coefficient (Wildman–Crippen LogP) is 4.06. The number of hydrogen-bond donors (Lipinski definition) is 1. The molecule has 106 valence electrons. The minimum Gasteiger partial charge on any atom is -0.497 e. The number of benzene rings is 1. The lowest BCUT2D eigenvalue weighted by Crippen LogP contribution is -2.34. The average molecular weight is 265 g/mol. The van der Waals surface area contributed by atoms with Gasteiger partial charge in [0.05, 0.1) is 7.11 Å². The number of nitrogens with one attached hydrogen (secondary N) is 1. The molecule has 2 atom stereocenters. The van der Waals surface area contributed by atoms with E-state index in [4.69, 9.17) is 4.74 Å². The van der Waals surface area contributed by atoms with Crippen LogP contribution >= 0.6 is 0 Å². The van der Waals surface area contributed by atoms with Crippen molar-refractivity contribution >= 4 is 0 Å². The molecule has 1 fully saturated rings. The second-order valence-electron chi connectivity index (χ2n) is 5.61. The van der Waals surface area contributed by atoms with E-state index >= 15 is 0 Å². The number of rotatable bonds is 5. The van der Waals surface area contributed by atoms with Gasteiger partial charge in [0.2, 0.25) is 0 Å². The van der Waals surface area contributed by atoms with Crippen LogP contribution in [0.25, 0.3) is 0 Å². The Morgan fingerprint density at radius 3 is 2.53 bits per heavy atom. The van der Waals surface area contributed by atoms with E-state index in [-0.39, 0.29) is 11.9 Å². The molecule has 2 unspecified atom stereocenters. The quantitative estimate of drug-likeness (QED) is 0.866. The number of halogens is 1. The Morgan fingerprint density at radius 1 is 1.26 bits per heavy atom. The van der Waals surface area contributed by atoms with Crippen LogP contribution in [0, 0.1) is 11.7 Å². The van der Waals surface area contributed by atoms with Gasteiger partial charge in [-0.3, -0.25) is 0 Å². The number of methoxy groups -OCH3 is 1. The Labute approximate surface area is 115 Å². The molecule has 0 aliphatic heterocycles. The van der Waals surface area contributed by atoms with Crippen molar-refractivity contribution in [3.8, 4) is 5.75 Å². The summed E-state index contributed by atoms with van der Waals surface area (Å²) < 4.78 is 19.0. The molecule has 1 aromatic rings. The lowest BCUT2D eigenvalue weighted by Gasteiger charge is -2.25. The zero-order chi connectivity index (χ0) is 13.8. The van der Waals surface area contributed by atoms with Gasteiger partial charge in [0, 0.05) is 23.7 Å². The zero-order valence-electron chi connectivity index (χ0n) is 12.1. The monoisotopic (exact) mass is 265 g/mol. The van der Waals surface area contributed by atoms with Crippen LogP contribution in [-0.4, -0.2) is 13.2 Å². The topological polar surface area (TPSA) is 21.3 Å². The summed E-state index contributed by atoms with van der Waals surface area (Å²) in [6.07, 6.45) is 5.27. The standard InChI is InChI=1S/C16H24FNO/c1-11(13-6-4-5-7-13)18-12(2)15-9-8-14(19-3)10-16(15)17/h8-13,18H,4-7H2,1-3H3. The number of hydrogen-bond acceptors (Lipinski definition) is 2. The van der Waals surface area contributed by atoms with Gasteiger partial charge in [-0.15, -0.1) is 0 Å². The normalized spacial score (nSPS) is 19.4. The minimum absolute atomic E-state index is 0.0292. The molecule has 0 aromatic heterocycles. The van der Waals surface area contributed by atoms with Crippen LogP contribution in [0.1, 0.15) is 51.1 Å². The van der Waals surface area contributed by atoms with Crippen LogP contribution in [0.5, 0.6) is 5.75 Å². The maximum atomic E-state index is 14.0. The highest BCUT2D eigenvalue weighted by Crippen LogP contribution is 2.29. The van der Waals surface area contributed by atoms with Crippen LogP contribution in [-0.2, 0) is 0 Å². The third kappa shape index (κ3) is 3.47. The fourth-order valence-electron chi connectivity index (χ4n) is 3.06. The highest BCUT2D eigenvalue weighted by atomic mass is 19.1. The van der Waals surface area contributed by atoms with Gasteiger partial charge in [0.15, 0.2) is 0 Å². The van der Waals surface area contributed by atoms with E-state index in [9.17, 15) is 4.39 Å². The zero-order valence-corrected chi connectivity index (χ0v) is 12.1. The lowest BCUT2D eigenvalue weighted by molar-refractivity contribution is 0.348. The molecule has 1 aliphatic rings. The summed E-state index contributed by atoms with van der Waals surface area (Å²) >= 11 is 0. The summed E-state index contributed by atoms with van der Waals surface area (Å²) in [6, 6.07) is 5.55. The van der Waals surface area contributed by atoms with E-state index in [1.807, 2.05) is 19.1 Å². The van der Waals surface area contributed by atoms with Crippen LogP contribution < -0.4 is 10.1 Å². The predicted molar refractivity (Wildman–Crippen MR) is 75.9 cm³/mol. The summed E-state index contributed by atoms with van der Waals surface area (Å²) in [5.74, 6) is 1.11. The van der Waals surface area contributed by atoms with Gasteiger partial charge in [-0.25, -0.2) is 4.39 Å². The van der Waals surface area contributed by atoms with Crippen molar-refractivity contribution in [2.24, 2.45) is 5.92 Å². The minimum atomic E-state index is -0.196. The molecule has 1 aliphatic carbocycles. The van der Waals surface area contributed by atoms with E-state index in [1.165, 1.54) is 31.7 Å². The Morgan fingerprint density at radius 2 is 1.95 bits per heavy atom. The van der Waals surface area contributed by atoms with E-state index < -0.39 is 0 Å². The first-order valence-corrected chi connectivity index (χ1v) is 7.21. The van der Waals surface area contributed by atoms with Gasteiger partial charge >= 0.3 is 0 Å². The molecule has 2 nitrogen and oxygen atoms in total. The van der Waals surface area contributed by atoms with Crippen molar-refractivity contribution in [3.63, 3.8) is 0 Å². The average Bonchev–Trinajstić information content (AvgIpc) is 2.92. The van der Waals surface area contributed by atoms with Crippen molar-refractivity contribution in [1.29, 1.82) is 0 Å². The highest BCUT2D eigenvalue weighted by Gasteiger charge is 2.23. The van der Waals surface area contributed by atoms with Crippen molar-refractivity contribution in [1.82, 2.24) is 5.32 Å². The second-order valence-corrected chi connectivity index (χ2v) is 5.61. The molecule has 1 saturated carbocycles. The van der Waals surface area contributed by atoms with Gasteiger partial charge in [-0.05, 0) is 38.7 Å². The van der Waals surface area contributed by atoms with Gasteiger partial charge in [0.25, 0.3) is 0 Å².